The van der Waals surface area contributed by atoms with Crippen LogP contribution in [0, 0.1) is 0 Å². The molecule has 1 aliphatic heterocycles. The topological polar surface area (TPSA) is 29.3 Å². The molecule has 0 aromatic heterocycles. The number of nitrogens with zero attached hydrogens (tertiary/aromatic N) is 1. The highest BCUT2D eigenvalue weighted by Crippen LogP contribution is 2.24. The SMILES string of the molecule is CCCC(C)(C)N1CCCC(N)C1. The van der Waals surface area contributed by atoms with Crippen molar-refractivity contribution in [1.82, 2.24) is 4.90 Å². The fourth-order valence-electron chi connectivity index (χ4n) is 2.33. The molecule has 13 heavy (non-hydrogen) atoms. The summed E-state index contributed by atoms with van der Waals surface area (Å²) in [5, 5.41) is 0. The predicted molar refractivity (Wildman–Crippen MR) is 57.8 cm³/mol. The first kappa shape index (κ1) is 11.0. The molecule has 0 aliphatic carbocycles. The second-order valence-electron chi connectivity index (χ2n) is 4.91. The van der Waals surface area contributed by atoms with Crippen LogP contribution in [0.4, 0.5) is 0 Å². The van der Waals surface area contributed by atoms with Crippen molar-refractivity contribution in [3.8, 4) is 0 Å². The minimum Gasteiger partial charge on any atom is -0.327 e. The number of rotatable bonds is 3. The second kappa shape index (κ2) is 4.43. The van der Waals surface area contributed by atoms with Crippen molar-refractivity contribution in [2.45, 2.75) is 58.0 Å². The number of hydrogen-bond donors (Lipinski definition) is 1. The molecule has 0 bridgehead atoms. The Labute approximate surface area is 82.5 Å². The van der Waals surface area contributed by atoms with E-state index in [0.717, 1.165) is 6.54 Å². The van der Waals surface area contributed by atoms with E-state index in [1.165, 1.54) is 32.2 Å². The van der Waals surface area contributed by atoms with Gasteiger partial charge in [-0.05, 0) is 39.7 Å². The van der Waals surface area contributed by atoms with Gasteiger partial charge in [0.05, 0.1) is 0 Å². The lowest BCUT2D eigenvalue weighted by atomic mass is 9.92. The van der Waals surface area contributed by atoms with Gasteiger partial charge < -0.3 is 5.73 Å². The summed E-state index contributed by atoms with van der Waals surface area (Å²) >= 11 is 0. The maximum atomic E-state index is 5.98. The molecule has 2 N–H and O–H groups in total. The number of piperidine rings is 1. The van der Waals surface area contributed by atoms with E-state index in [0.29, 0.717) is 11.6 Å². The lowest BCUT2D eigenvalue weighted by molar-refractivity contribution is 0.0782. The van der Waals surface area contributed by atoms with E-state index in [9.17, 15) is 0 Å². The molecule has 0 saturated carbocycles. The maximum Gasteiger partial charge on any atom is 0.0168 e. The summed E-state index contributed by atoms with van der Waals surface area (Å²) in [6.45, 7) is 9.27. The van der Waals surface area contributed by atoms with E-state index in [-0.39, 0.29) is 0 Å². The summed E-state index contributed by atoms with van der Waals surface area (Å²) in [6, 6.07) is 0.407. The molecule has 1 fully saturated rings. The standard InChI is InChI=1S/C11H24N2/c1-4-7-11(2,3)13-8-5-6-10(12)9-13/h10H,4-9,12H2,1-3H3. The maximum absolute atomic E-state index is 5.98. The lowest BCUT2D eigenvalue weighted by Gasteiger charge is -2.43. The number of nitrogens with two attached hydrogens (primary N) is 1. The zero-order valence-corrected chi connectivity index (χ0v) is 9.34. The molecule has 1 unspecified atom stereocenters. The molecule has 1 rings (SSSR count). The predicted octanol–water partition coefficient (Wildman–Crippen LogP) is 1.99. The summed E-state index contributed by atoms with van der Waals surface area (Å²) in [4.78, 5) is 2.56. The quantitative estimate of drug-likeness (QED) is 0.727. The minimum absolute atomic E-state index is 0.354. The molecule has 1 saturated heterocycles. The van der Waals surface area contributed by atoms with Crippen molar-refractivity contribution in [2.24, 2.45) is 5.73 Å². The third kappa shape index (κ3) is 2.96. The van der Waals surface area contributed by atoms with Gasteiger partial charge in [0, 0.05) is 18.1 Å². The molecule has 0 aromatic rings. The van der Waals surface area contributed by atoms with Crippen LogP contribution >= 0.6 is 0 Å². The van der Waals surface area contributed by atoms with Crippen molar-refractivity contribution < 1.29 is 0 Å². The van der Waals surface area contributed by atoms with Gasteiger partial charge in [-0.15, -0.1) is 0 Å². The Morgan fingerprint density at radius 1 is 1.46 bits per heavy atom. The molecule has 78 valence electrons. The molecular formula is C11H24N2. The van der Waals surface area contributed by atoms with Crippen LogP contribution in [-0.2, 0) is 0 Å². The molecule has 0 amide bonds. The third-order valence-electron chi connectivity index (χ3n) is 3.18. The molecule has 2 nitrogen and oxygen atoms in total. The van der Waals surface area contributed by atoms with Crippen molar-refractivity contribution in [3.05, 3.63) is 0 Å². The normalized spacial score (nSPS) is 26.3. The average molecular weight is 184 g/mol. The van der Waals surface area contributed by atoms with Gasteiger partial charge in [-0.2, -0.15) is 0 Å². The summed E-state index contributed by atoms with van der Waals surface area (Å²) in [7, 11) is 0. The molecule has 2 heteroatoms. The monoisotopic (exact) mass is 184 g/mol. The van der Waals surface area contributed by atoms with E-state index in [2.05, 4.69) is 25.7 Å². The van der Waals surface area contributed by atoms with Crippen molar-refractivity contribution in [3.63, 3.8) is 0 Å². The van der Waals surface area contributed by atoms with E-state index in [4.69, 9.17) is 5.73 Å². The summed E-state index contributed by atoms with van der Waals surface area (Å²) in [6.07, 6.45) is 5.02. The van der Waals surface area contributed by atoms with Gasteiger partial charge in [-0.1, -0.05) is 13.3 Å². The van der Waals surface area contributed by atoms with Crippen LogP contribution in [0.25, 0.3) is 0 Å². The van der Waals surface area contributed by atoms with Crippen LogP contribution in [0.15, 0.2) is 0 Å². The summed E-state index contributed by atoms with van der Waals surface area (Å²) in [5.41, 5.74) is 6.33. The van der Waals surface area contributed by atoms with Crippen LogP contribution in [0.3, 0.4) is 0 Å². The third-order valence-corrected chi connectivity index (χ3v) is 3.18. The van der Waals surface area contributed by atoms with E-state index >= 15 is 0 Å². The Kier molecular flexibility index (Phi) is 3.74. The Bertz CT molecular complexity index is 154. The van der Waals surface area contributed by atoms with Gasteiger partial charge in [-0.25, -0.2) is 0 Å². The number of hydrogen-bond acceptors (Lipinski definition) is 2. The first-order valence-electron chi connectivity index (χ1n) is 5.57. The first-order chi connectivity index (χ1) is 6.06. The van der Waals surface area contributed by atoms with Crippen LogP contribution in [-0.4, -0.2) is 29.6 Å². The smallest absolute Gasteiger partial charge is 0.0168 e. The van der Waals surface area contributed by atoms with Crippen molar-refractivity contribution in [2.75, 3.05) is 13.1 Å². The Morgan fingerprint density at radius 3 is 2.69 bits per heavy atom. The molecule has 0 aromatic carbocycles. The lowest BCUT2D eigenvalue weighted by Crippen LogP contribution is -2.52. The highest BCUT2D eigenvalue weighted by atomic mass is 15.2. The van der Waals surface area contributed by atoms with Crippen molar-refractivity contribution >= 4 is 0 Å². The van der Waals surface area contributed by atoms with E-state index in [1.54, 1.807) is 0 Å². The first-order valence-corrected chi connectivity index (χ1v) is 5.57. The zero-order chi connectivity index (χ0) is 9.90. The van der Waals surface area contributed by atoms with Crippen LogP contribution in [0.1, 0.15) is 46.5 Å². The van der Waals surface area contributed by atoms with Gasteiger partial charge in [0.25, 0.3) is 0 Å². The minimum atomic E-state index is 0.354. The molecular weight excluding hydrogens is 160 g/mol. The van der Waals surface area contributed by atoms with Gasteiger partial charge >= 0.3 is 0 Å². The van der Waals surface area contributed by atoms with Crippen LogP contribution in [0.2, 0.25) is 0 Å². The Morgan fingerprint density at radius 2 is 2.15 bits per heavy atom. The van der Waals surface area contributed by atoms with E-state index in [1.807, 2.05) is 0 Å². The Balaban J connectivity index is 2.48. The highest BCUT2D eigenvalue weighted by Gasteiger charge is 2.29. The molecule has 1 atom stereocenters. The van der Waals surface area contributed by atoms with E-state index < -0.39 is 0 Å². The number of likely N-dealkylation sites (tertiary alicyclic amines) is 1. The zero-order valence-electron chi connectivity index (χ0n) is 9.34. The largest absolute Gasteiger partial charge is 0.327 e. The van der Waals surface area contributed by atoms with Gasteiger partial charge in [0.15, 0.2) is 0 Å². The summed E-state index contributed by atoms with van der Waals surface area (Å²) in [5.74, 6) is 0. The molecule has 0 spiro atoms. The highest BCUT2D eigenvalue weighted by molar-refractivity contribution is 4.86. The van der Waals surface area contributed by atoms with Gasteiger partial charge in [-0.3, -0.25) is 4.90 Å². The fourth-order valence-corrected chi connectivity index (χ4v) is 2.33. The molecule has 1 heterocycles. The van der Waals surface area contributed by atoms with Gasteiger partial charge in [0.2, 0.25) is 0 Å². The van der Waals surface area contributed by atoms with Crippen LogP contribution in [0.5, 0.6) is 0 Å². The molecule has 0 radical (unpaired) electrons. The summed E-state index contributed by atoms with van der Waals surface area (Å²) < 4.78 is 0. The average Bonchev–Trinajstić information content (AvgIpc) is 2.04. The fraction of sp³-hybridized carbons (Fsp3) is 1.00. The Hall–Kier alpha value is -0.0800. The van der Waals surface area contributed by atoms with Crippen LogP contribution < -0.4 is 5.73 Å². The second-order valence-corrected chi connectivity index (χ2v) is 4.91. The van der Waals surface area contributed by atoms with Crippen molar-refractivity contribution in [1.29, 1.82) is 0 Å². The molecule has 1 aliphatic rings. The van der Waals surface area contributed by atoms with Gasteiger partial charge in [0.1, 0.15) is 0 Å².